The fraction of sp³-hybridized carbons (Fsp3) is 0.741. The number of Topliss-reactive ketones (excluding diaryl/α,β-unsaturated/α-hetero) is 1. The van der Waals surface area contributed by atoms with Crippen molar-refractivity contribution in [3.05, 3.63) is 21.9 Å². The quantitative estimate of drug-likeness (QED) is 0.432. The first-order chi connectivity index (χ1) is 16.8. The second-order valence-electron chi connectivity index (χ2n) is 11.1. The molecule has 2 aliphatic rings. The van der Waals surface area contributed by atoms with Gasteiger partial charge in [0.1, 0.15) is 11.6 Å². The first kappa shape index (κ1) is 28.9. The number of aryl methyl sites for hydroxylation is 1. The Balaban J connectivity index is 1.87. The maximum Gasteiger partial charge on any atom is 0.309 e. The van der Waals surface area contributed by atoms with Crippen LogP contribution in [0.2, 0.25) is 0 Å². The van der Waals surface area contributed by atoms with Gasteiger partial charge in [-0.3, -0.25) is 9.59 Å². The van der Waals surface area contributed by atoms with E-state index >= 15 is 4.39 Å². The Kier molecular flexibility index (Phi) is 9.13. The molecule has 202 valence electrons. The van der Waals surface area contributed by atoms with E-state index < -0.39 is 53.5 Å². The van der Waals surface area contributed by atoms with Crippen LogP contribution in [0.3, 0.4) is 0 Å². The van der Waals surface area contributed by atoms with Crippen LogP contribution in [0.15, 0.2) is 11.2 Å². The maximum absolute atomic E-state index is 15.3. The molecule has 0 aromatic carbocycles. The number of aliphatic hydroxyl groups is 2. The number of fused-ring (bicyclic) bond motifs is 1. The minimum Gasteiger partial charge on any atom is -0.455 e. The van der Waals surface area contributed by atoms with E-state index in [0.29, 0.717) is 25.0 Å². The number of rotatable bonds is 3. The van der Waals surface area contributed by atoms with Crippen molar-refractivity contribution >= 4 is 29.2 Å². The summed E-state index contributed by atoms with van der Waals surface area (Å²) in [7, 11) is 0. The van der Waals surface area contributed by atoms with Crippen LogP contribution in [0.4, 0.5) is 4.39 Å². The third kappa shape index (κ3) is 6.60. The molecule has 2 fully saturated rings. The number of ether oxygens (including phenoxy) is 2. The van der Waals surface area contributed by atoms with Crippen molar-refractivity contribution in [2.24, 2.45) is 17.3 Å². The van der Waals surface area contributed by atoms with Gasteiger partial charge < -0.3 is 19.7 Å². The van der Waals surface area contributed by atoms with Crippen LogP contribution in [0.1, 0.15) is 83.8 Å². The normalized spacial score (nSPS) is 36.8. The van der Waals surface area contributed by atoms with E-state index in [-0.39, 0.29) is 24.2 Å². The average molecular weight is 526 g/mol. The Hall–Kier alpha value is -1.68. The SMILES string of the molecule is CC[C@H]1C(=O)C(C)(C)[C@@H](O)CC(=O)O[C@H](/C(F)=C/c2csc(C)n2)C[C@@H]2O[C@]2(C)CCC[C@@H](C)[C@@H]1O. The number of ketones is 1. The van der Waals surface area contributed by atoms with Crippen molar-refractivity contribution in [2.45, 2.75) is 110 Å². The molecule has 0 spiro atoms. The summed E-state index contributed by atoms with van der Waals surface area (Å²) in [5, 5.41) is 24.4. The summed E-state index contributed by atoms with van der Waals surface area (Å²) in [6.07, 6.45) is -0.139. The second-order valence-corrected chi connectivity index (χ2v) is 12.2. The molecule has 0 amide bonds. The van der Waals surface area contributed by atoms with Gasteiger partial charge in [-0.2, -0.15) is 0 Å². The molecule has 0 radical (unpaired) electrons. The van der Waals surface area contributed by atoms with Gasteiger partial charge in [0.25, 0.3) is 0 Å². The van der Waals surface area contributed by atoms with Gasteiger partial charge in [-0.05, 0) is 45.1 Å². The van der Waals surface area contributed by atoms with Crippen molar-refractivity contribution in [2.75, 3.05) is 0 Å². The van der Waals surface area contributed by atoms with Gasteiger partial charge in [0.2, 0.25) is 0 Å². The Bertz CT molecular complexity index is 977. The second kappa shape index (κ2) is 11.4. The van der Waals surface area contributed by atoms with E-state index in [1.807, 2.05) is 27.7 Å². The lowest BCUT2D eigenvalue weighted by atomic mass is 9.71. The molecule has 3 heterocycles. The highest BCUT2D eigenvalue weighted by Gasteiger charge is 2.53. The molecule has 0 unspecified atom stereocenters. The highest BCUT2D eigenvalue weighted by molar-refractivity contribution is 7.09. The fourth-order valence-electron chi connectivity index (χ4n) is 5.09. The number of esters is 1. The monoisotopic (exact) mass is 525 g/mol. The number of carbonyl (C=O) groups excluding carboxylic acids is 2. The average Bonchev–Trinajstić information content (AvgIpc) is 3.24. The predicted octanol–water partition coefficient (Wildman–Crippen LogP) is 4.77. The van der Waals surface area contributed by atoms with Gasteiger partial charge in [-0.15, -0.1) is 11.3 Å². The molecule has 7 atom stereocenters. The molecule has 0 saturated carbocycles. The molecule has 36 heavy (non-hydrogen) atoms. The Labute approximate surface area is 217 Å². The zero-order chi connectivity index (χ0) is 26.8. The first-order valence-corrected chi connectivity index (χ1v) is 13.7. The van der Waals surface area contributed by atoms with E-state index in [4.69, 9.17) is 9.47 Å². The van der Waals surface area contributed by atoms with Gasteiger partial charge in [0.15, 0.2) is 6.10 Å². The van der Waals surface area contributed by atoms with Crippen LogP contribution in [0.5, 0.6) is 0 Å². The number of aliphatic hydroxyl groups excluding tert-OH is 2. The highest BCUT2D eigenvalue weighted by Crippen LogP contribution is 2.45. The molecule has 2 saturated heterocycles. The summed E-state index contributed by atoms with van der Waals surface area (Å²) in [5.41, 5.74) is -1.31. The Morgan fingerprint density at radius 3 is 2.61 bits per heavy atom. The lowest BCUT2D eigenvalue weighted by Crippen LogP contribution is -2.46. The van der Waals surface area contributed by atoms with Gasteiger partial charge >= 0.3 is 5.97 Å². The number of nitrogens with zero attached hydrogens (tertiary/aromatic N) is 1. The van der Waals surface area contributed by atoms with E-state index in [0.717, 1.165) is 11.4 Å². The molecule has 3 rings (SSSR count). The summed E-state index contributed by atoms with van der Waals surface area (Å²) in [6, 6.07) is 0. The number of hydrogen-bond acceptors (Lipinski definition) is 8. The summed E-state index contributed by atoms with van der Waals surface area (Å²) in [6.45, 7) is 10.7. The third-order valence-corrected chi connectivity index (χ3v) is 8.69. The van der Waals surface area contributed by atoms with Crippen molar-refractivity contribution in [3.63, 3.8) is 0 Å². The van der Waals surface area contributed by atoms with Crippen LogP contribution < -0.4 is 0 Å². The summed E-state index contributed by atoms with van der Waals surface area (Å²) in [4.78, 5) is 30.5. The summed E-state index contributed by atoms with van der Waals surface area (Å²) >= 11 is 1.39. The van der Waals surface area contributed by atoms with Crippen molar-refractivity contribution in [1.82, 2.24) is 4.98 Å². The van der Waals surface area contributed by atoms with E-state index in [2.05, 4.69) is 4.98 Å². The predicted molar refractivity (Wildman–Crippen MR) is 136 cm³/mol. The van der Waals surface area contributed by atoms with Gasteiger partial charge in [-0.25, -0.2) is 9.37 Å². The van der Waals surface area contributed by atoms with E-state index in [9.17, 15) is 19.8 Å². The molecular formula is C27H40FNO6S. The number of carbonyl (C=O) groups is 2. The van der Waals surface area contributed by atoms with Gasteiger partial charge in [0, 0.05) is 17.7 Å². The summed E-state index contributed by atoms with van der Waals surface area (Å²) in [5.74, 6) is -2.53. The maximum atomic E-state index is 15.3. The number of halogens is 1. The number of hydrogen-bond donors (Lipinski definition) is 2. The van der Waals surface area contributed by atoms with Gasteiger partial charge in [-0.1, -0.05) is 34.1 Å². The van der Waals surface area contributed by atoms with E-state index in [1.165, 1.54) is 17.4 Å². The molecule has 2 N–H and O–H groups in total. The zero-order valence-corrected chi connectivity index (χ0v) is 22.9. The molecule has 7 nitrogen and oxygen atoms in total. The molecule has 0 aliphatic carbocycles. The Morgan fingerprint density at radius 1 is 1.31 bits per heavy atom. The fourth-order valence-corrected chi connectivity index (χ4v) is 5.66. The molecule has 1 aromatic rings. The van der Waals surface area contributed by atoms with Crippen molar-refractivity contribution < 1.29 is 33.7 Å². The molecule has 1 aromatic heterocycles. The standard InChI is InChI=1S/C27H40FNO6S/c1-7-18-24(32)15(2)9-8-10-27(6)22(35-27)12-20(19(28)11-17-14-36-16(3)29-17)34-23(31)13-21(30)26(4,5)25(18)33/h11,14-15,18,20-22,24,30,32H,7-10,12-13H2,1-6H3/b19-11-/t15-,18-,20+,21+,22+,24+,27-/m1/s1. The zero-order valence-electron chi connectivity index (χ0n) is 22.1. The topological polar surface area (TPSA) is 109 Å². The van der Waals surface area contributed by atoms with Crippen LogP contribution in [0, 0.1) is 24.2 Å². The van der Waals surface area contributed by atoms with Crippen molar-refractivity contribution in [3.8, 4) is 0 Å². The molecular weight excluding hydrogens is 485 g/mol. The van der Waals surface area contributed by atoms with Crippen LogP contribution in [-0.2, 0) is 19.1 Å². The van der Waals surface area contributed by atoms with Crippen LogP contribution in [-0.4, -0.2) is 57.0 Å². The van der Waals surface area contributed by atoms with Crippen LogP contribution >= 0.6 is 11.3 Å². The minimum atomic E-state index is -1.35. The molecule has 2 aliphatic heterocycles. The Morgan fingerprint density at radius 2 is 2.00 bits per heavy atom. The van der Waals surface area contributed by atoms with E-state index in [1.54, 1.807) is 19.2 Å². The smallest absolute Gasteiger partial charge is 0.309 e. The number of aromatic nitrogens is 1. The minimum absolute atomic E-state index is 0.125. The summed E-state index contributed by atoms with van der Waals surface area (Å²) < 4.78 is 26.7. The highest BCUT2D eigenvalue weighted by atomic mass is 32.1. The lowest BCUT2D eigenvalue weighted by Gasteiger charge is -2.35. The lowest BCUT2D eigenvalue weighted by molar-refractivity contribution is -0.155. The van der Waals surface area contributed by atoms with Crippen molar-refractivity contribution in [1.29, 1.82) is 0 Å². The number of epoxide rings is 1. The molecule has 9 heteroatoms. The largest absolute Gasteiger partial charge is 0.455 e. The molecule has 0 bridgehead atoms. The third-order valence-electron chi connectivity index (χ3n) is 7.90. The first-order valence-electron chi connectivity index (χ1n) is 12.9. The van der Waals surface area contributed by atoms with Crippen LogP contribution in [0.25, 0.3) is 6.08 Å². The number of cyclic esters (lactones) is 1. The van der Waals surface area contributed by atoms with Gasteiger partial charge in [0.05, 0.1) is 46.5 Å². The number of thiazole rings is 1.